The van der Waals surface area contributed by atoms with Gasteiger partial charge in [0.15, 0.2) is 0 Å². The Labute approximate surface area is 123 Å². The van der Waals surface area contributed by atoms with E-state index in [-0.39, 0.29) is 18.3 Å². The number of benzene rings is 1. The summed E-state index contributed by atoms with van der Waals surface area (Å²) in [5, 5.41) is 0.990. The van der Waals surface area contributed by atoms with Crippen LogP contribution in [0.3, 0.4) is 0 Å². The first kappa shape index (κ1) is 15.6. The maximum atomic E-state index is 12.0. The summed E-state index contributed by atoms with van der Waals surface area (Å²) in [6.07, 6.45) is 0.961. The maximum absolute atomic E-state index is 12.0. The van der Waals surface area contributed by atoms with Gasteiger partial charge in [-0.15, -0.1) is 12.4 Å². The number of nitrogens with zero attached hydrogens (tertiary/aromatic N) is 2. The molecule has 1 aliphatic rings. The number of hydrogen-bond donors (Lipinski definition) is 0. The van der Waals surface area contributed by atoms with E-state index in [9.17, 15) is 4.79 Å². The topological polar surface area (TPSA) is 23.6 Å². The highest BCUT2D eigenvalue weighted by Gasteiger charge is 2.21. The van der Waals surface area contributed by atoms with Gasteiger partial charge in [-0.3, -0.25) is 9.69 Å². The lowest BCUT2D eigenvalue weighted by molar-refractivity contribution is -0.118. The van der Waals surface area contributed by atoms with Crippen molar-refractivity contribution in [1.29, 1.82) is 0 Å². The van der Waals surface area contributed by atoms with E-state index in [1.165, 1.54) is 0 Å². The minimum Gasteiger partial charge on any atom is -0.311 e. The van der Waals surface area contributed by atoms with Gasteiger partial charge < -0.3 is 4.90 Å². The van der Waals surface area contributed by atoms with Gasteiger partial charge in [-0.05, 0) is 31.7 Å². The van der Waals surface area contributed by atoms with Crippen LogP contribution >= 0.6 is 35.6 Å². The van der Waals surface area contributed by atoms with Gasteiger partial charge in [0, 0.05) is 18.8 Å². The lowest BCUT2D eigenvalue weighted by atomic mass is 10.2. The lowest BCUT2D eigenvalue weighted by Crippen LogP contribution is -2.35. The summed E-state index contributed by atoms with van der Waals surface area (Å²) in [6, 6.07) is 5.30. The molecule has 100 valence electrons. The Morgan fingerprint density at radius 1 is 1.17 bits per heavy atom. The highest BCUT2D eigenvalue weighted by atomic mass is 35.5. The molecule has 0 spiro atoms. The minimum absolute atomic E-state index is 0. The quantitative estimate of drug-likeness (QED) is 0.796. The van der Waals surface area contributed by atoms with E-state index in [1.54, 1.807) is 17.0 Å². The SMILES string of the molecule is CN1CCCN(c2ccc(Cl)c(Cl)c2)C(=O)C1.Cl. The van der Waals surface area contributed by atoms with Crippen LogP contribution in [0.5, 0.6) is 0 Å². The number of likely N-dealkylation sites (N-methyl/N-ethyl adjacent to an activating group) is 1. The van der Waals surface area contributed by atoms with Crippen molar-refractivity contribution in [3.8, 4) is 0 Å². The Hall–Kier alpha value is -0.480. The molecule has 1 saturated heterocycles. The van der Waals surface area contributed by atoms with E-state index in [4.69, 9.17) is 23.2 Å². The third-order valence-corrected chi connectivity index (χ3v) is 3.58. The van der Waals surface area contributed by atoms with Crippen molar-refractivity contribution < 1.29 is 4.79 Å². The molecule has 1 heterocycles. The number of amides is 1. The average Bonchev–Trinajstić information content (AvgIpc) is 2.43. The molecule has 0 aliphatic carbocycles. The summed E-state index contributed by atoms with van der Waals surface area (Å²) >= 11 is 11.8. The van der Waals surface area contributed by atoms with Gasteiger partial charge in [-0.25, -0.2) is 0 Å². The molecule has 0 bridgehead atoms. The number of rotatable bonds is 1. The molecule has 2 rings (SSSR count). The van der Waals surface area contributed by atoms with Crippen molar-refractivity contribution in [2.45, 2.75) is 6.42 Å². The zero-order valence-electron chi connectivity index (χ0n) is 10.0. The van der Waals surface area contributed by atoms with E-state index in [2.05, 4.69) is 0 Å². The van der Waals surface area contributed by atoms with Crippen molar-refractivity contribution in [3.05, 3.63) is 28.2 Å². The number of hydrogen-bond acceptors (Lipinski definition) is 2. The Morgan fingerprint density at radius 3 is 2.56 bits per heavy atom. The second-order valence-electron chi connectivity index (χ2n) is 4.24. The van der Waals surface area contributed by atoms with Crippen molar-refractivity contribution in [3.63, 3.8) is 0 Å². The molecule has 0 radical (unpaired) electrons. The molecule has 1 aromatic carbocycles. The molecule has 0 N–H and O–H groups in total. The van der Waals surface area contributed by atoms with Gasteiger partial charge in [-0.2, -0.15) is 0 Å². The van der Waals surface area contributed by atoms with Crippen LogP contribution in [0.2, 0.25) is 10.0 Å². The molecule has 1 aliphatic heterocycles. The Balaban J connectivity index is 0.00000162. The number of carbonyl (C=O) groups excluding carboxylic acids is 1. The van der Waals surface area contributed by atoms with Gasteiger partial charge in [0.1, 0.15) is 0 Å². The first-order valence-electron chi connectivity index (χ1n) is 5.52. The van der Waals surface area contributed by atoms with Gasteiger partial charge in [0.05, 0.1) is 16.6 Å². The third-order valence-electron chi connectivity index (χ3n) is 2.84. The van der Waals surface area contributed by atoms with Crippen LogP contribution < -0.4 is 4.90 Å². The van der Waals surface area contributed by atoms with Crippen LogP contribution in [0, 0.1) is 0 Å². The summed E-state index contributed by atoms with van der Waals surface area (Å²) in [5.41, 5.74) is 0.819. The van der Waals surface area contributed by atoms with Crippen LogP contribution in [0.1, 0.15) is 6.42 Å². The third kappa shape index (κ3) is 3.51. The highest BCUT2D eigenvalue weighted by Crippen LogP contribution is 2.27. The molecular formula is C12H15Cl3N2O. The summed E-state index contributed by atoms with van der Waals surface area (Å²) < 4.78 is 0. The normalized spacial score (nSPS) is 17.3. The standard InChI is InChI=1S/C12H14Cl2N2O.ClH/c1-15-5-2-6-16(12(17)8-15)9-3-4-10(13)11(14)7-9;/h3-4,7H,2,5-6,8H2,1H3;1H. The first-order valence-corrected chi connectivity index (χ1v) is 6.27. The molecule has 0 aromatic heterocycles. The number of carbonyl (C=O) groups is 1. The Kier molecular flexibility index (Phi) is 5.73. The predicted octanol–water partition coefficient (Wildman–Crippen LogP) is 3.08. The molecule has 1 amide bonds. The van der Waals surface area contributed by atoms with Crippen LogP contribution in [0.15, 0.2) is 18.2 Å². The van der Waals surface area contributed by atoms with E-state index >= 15 is 0 Å². The molecule has 0 atom stereocenters. The average molecular weight is 310 g/mol. The Morgan fingerprint density at radius 2 is 1.89 bits per heavy atom. The summed E-state index contributed by atoms with van der Waals surface area (Å²) in [4.78, 5) is 15.8. The summed E-state index contributed by atoms with van der Waals surface area (Å²) in [6.45, 7) is 2.10. The van der Waals surface area contributed by atoms with Crippen LogP contribution in [0.4, 0.5) is 5.69 Å². The molecule has 0 unspecified atom stereocenters. The van der Waals surface area contributed by atoms with E-state index in [0.717, 1.165) is 25.2 Å². The lowest BCUT2D eigenvalue weighted by Gasteiger charge is -2.21. The zero-order chi connectivity index (χ0) is 12.4. The molecule has 1 aromatic rings. The van der Waals surface area contributed by atoms with E-state index in [0.29, 0.717) is 16.6 Å². The second-order valence-corrected chi connectivity index (χ2v) is 5.05. The largest absolute Gasteiger partial charge is 0.311 e. The van der Waals surface area contributed by atoms with Crippen molar-refractivity contribution in [2.24, 2.45) is 0 Å². The van der Waals surface area contributed by atoms with Crippen molar-refractivity contribution in [2.75, 3.05) is 31.6 Å². The molecule has 18 heavy (non-hydrogen) atoms. The van der Waals surface area contributed by atoms with Gasteiger partial charge >= 0.3 is 0 Å². The first-order chi connectivity index (χ1) is 8.08. The predicted molar refractivity (Wildman–Crippen MR) is 78.2 cm³/mol. The monoisotopic (exact) mass is 308 g/mol. The molecule has 1 fully saturated rings. The molecule has 6 heteroatoms. The van der Waals surface area contributed by atoms with Crippen LogP contribution in [-0.4, -0.2) is 37.5 Å². The summed E-state index contributed by atoms with van der Waals surface area (Å²) in [5.74, 6) is 0.100. The van der Waals surface area contributed by atoms with E-state index in [1.807, 2.05) is 18.0 Å². The molecule has 3 nitrogen and oxygen atoms in total. The van der Waals surface area contributed by atoms with Crippen LogP contribution in [0.25, 0.3) is 0 Å². The fraction of sp³-hybridized carbons (Fsp3) is 0.417. The minimum atomic E-state index is 0. The van der Waals surface area contributed by atoms with Crippen LogP contribution in [-0.2, 0) is 4.79 Å². The second kappa shape index (κ2) is 6.62. The molecular weight excluding hydrogens is 295 g/mol. The van der Waals surface area contributed by atoms with Gasteiger partial charge in [-0.1, -0.05) is 23.2 Å². The smallest absolute Gasteiger partial charge is 0.241 e. The van der Waals surface area contributed by atoms with E-state index < -0.39 is 0 Å². The fourth-order valence-corrected chi connectivity index (χ4v) is 2.24. The van der Waals surface area contributed by atoms with Gasteiger partial charge in [0.2, 0.25) is 5.91 Å². The zero-order valence-corrected chi connectivity index (χ0v) is 12.4. The van der Waals surface area contributed by atoms with Crippen molar-refractivity contribution in [1.82, 2.24) is 4.90 Å². The number of anilines is 1. The maximum Gasteiger partial charge on any atom is 0.241 e. The number of halogens is 3. The highest BCUT2D eigenvalue weighted by molar-refractivity contribution is 6.42. The summed E-state index contributed by atoms with van der Waals surface area (Å²) in [7, 11) is 1.95. The fourth-order valence-electron chi connectivity index (χ4n) is 1.94. The molecule has 0 saturated carbocycles. The van der Waals surface area contributed by atoms with Gasteiger partial charge in [0.25, 0.3) is 0 Å². The Bertz CT molecular complexity index is 439. The van der Waals surface area contributed by atoms with Crippen molar-refractivity contribution >= 4 is 47.2 Å².